The standard InChI is InChI=1S/C31H36N4O4.ClH/c1-20-26(31(37)38)16-29(33(20)2)27-14-22-7-8-32-17-24(22)15-28(27)30(36)35-18-23-6-4-3-5-21(23)13-25(35)19-34-9-11-39-12-10-34;/h3-6,14-16,25,32H,7-13,17-19H2,1-2H3,(H,37,38);1H/t25-;/m0./s1. The molecule has 8 nitrogen and oxygen atoms in total. The number of hydrogen-bond acceptors (Lipinski definition) is 5. The van der Waals surface area contributed by atoms with E-state index in [0.29, 0.717) is 17.8 Å². The maximum absolute atomic E-state index is 14.6. The van der Waals surface area contributed by atoms with Crippen molar-refractivity contribution in [3.63, 3.8) is 0 Å². The van der Waals surface area contributed by atoms with Crippen molar-refractivity contribution in [2.45, 2.75) is 38.9 Å². The third kappa shape index (κ3) is 5.29. The molecular weight excluding hydrogens is 528 g/mol. The number of carbonyl (C=O) groups excluding carboxylic acids is 1. The molecule has 6 rings (SSSR count). The summed E-state index contributed by atoms with van der Waals surface area (Å²) in [4.78, 5) is 31.0. The summed E-state index contributed by atoms with van der Waals surface area (Å²) in [6.45, 7) is 7.97. The lowest BCUT2D eigenvalue weighted by molar-refractivity contribution is 0.0193. The fourth-order valence-electron chi connectivity index (χ4n) is 6.32. The molecule has 9 heteroatoms. The van der Waals surface area contributed by atoms with E-state index in [1.54, 1.807) is 6.07 Å². The number of aromatic nitrogens is 1. The van der Waals surface area contributed by atoms with Crippen molar-refractivity contribution < 1.29 is 19.4 Å². The lowest BCUT2D eigenvalue weighted by Gasteiger charge is -2.41. The van der Waals surface area contributed by atoms with Crippen LogP contribution in [0.3, 0.4) is 0 Å². The van der Waals surface area contributed by atoms with Crippen molar-refractivity contribution in [1.29, 1.82) is 0 Å². The highest BCUT2D eigenvalue weighted by atomic mass is 35.5. The third-order valence-corrected chi connectivity index (χ3v) is 8.69. The van der Waals surface area contributed by atoms with Gasteiger partial charge >= 0.3 is 5.97 Å². The Hall–Kier alpha value is -3.17. The van der Waals surface area contributed by atoms with Gasteiger partial charge < -0.3 is 24.6 Å². The summed E-state index contributed by atoms with van der Waals surface area (Å²) in [7, 11) is 1.88. The molecule has 0 saturated carbocycles. The number of morpholine rings is 1. The van der Waals surface area contributed by atoms with Crippen molar-refractivity contribution in [2.24, 2.45) is 7.05 Å². The van der Waals surface area contributed by atoms with Crippen molar-refractivity contribution in [3.05, 3.63) is 81.5 Å². The average molecular weight is 565 g/mol. The molecule has 4 heterocycles. The molecule has 0 radical (unpaired) electrons. The van der Waals surface area contributed by atoms with Gasteiger partial charge in [-0.1, -0.05) is 24.3 Å². The molecule has 1 amide bonds. The van der Waals surface area contributed by atoms with Crippen LogP contribution in [0.2, 0.25) is 0 Å². The summed E-state index contributed by atoms with van der Waals surface area (Å²) in [6.07, 6.45) is 1.69. The quantitative estimate of drug-likeness (QED) is 0.492. The molecule has 1 aromatic heterocycles. The molecule has 40 heavy (non-hydrogen) atoms. The van der Waals surface area contributed by atoms with Crippen LogP contribution in [0.25, 0.3) is 11.3 Å². The Labute approximate surface area is 241 Å². The zero-order chi connectivity index (χ0) is 27.1. The second kappa shape index (κ2) is 11.7. The monoisotopic (exact) mass is 564 g/mol. The number of ether oxygens (including phenoxy) is 1. The Morgan fingerprint density at radius 1 is 1.02 bits per heavy atom. The van der Waals surface area contributed by atoms with Gasteiger partial charge in [0.2, 0.25) is 0 Å². The number of hydrogen-bond donors (Lipinski definition) is 2. The number of fused-ring (bicyclic) bond motifs is 2. The van der Waals surface area contributed by atoms with Gasteiger partial charge in [-0.25, -0.2) is 4.79 Å². The Bertz CT molecular complexity index is 1430. The summed E-state index contributed by atoms with van der Waals surface area (Å²) in [5.74, 6) is -0.954. The summed E-state index contributed by atoms with van der Waals surface area (Å²) in [6, 6.07) is 14.4. The van der Waals surface area contributed by atoms with E-state index in [1.165, 1.54) is 16.7 Å². The second-order valence-corrected chi connectivity index (χ2v) is 11.0. The highest BCUT2D eigenvalue weighted by Gasteiger charge is 2.34. The molecule has 2 aromatic carbocycles. The van der Waals surface area contributed by atoms with Gasteiger partial charge in [0.15, 0.2) is 0 Å². The van der Waals surface area contributed by atoms with E-state index in [2.05, 4.69) is 34.5 Å². The summed E-state index contributed by atoms with van der Waals surface area (Å²) >= 11 is 0. The van der Waals surface area contributed by atoms with E-state index in [-0.39, 0.29) is 29.9 Å². The first-order valence-corrected chi connectivity index (χ1v) is 13.8. The number of nitrogens with zero attached hydrogens (tertiary/aromatic N) is 3. The summed E-state index contributed by atoms with van der Waals surface area (Å²) in [5.41, 5.74) is 7.99. The fourth-order valence-corrected chi connectivity index (χ4v) is 6.32. The van der Waals surface area contributed by atoms with Crippen molar-refractivity contribution in [2.75, 3.05) is 39.4 Å². The molecule has 0 unspecified atom stereocenters. The van der Waals surface area contributed by atoms with E-state index < -0.39 is 5.97 Å². The SMILES string of the molecule is Cc1c(C(=O)O)cc(-c2cc3c(cc2C(=O)N2Cc4ccccc4C[C@H]2CN2CCOCC2)CNCC3)n1C.Cl. The van der Waals surface area contributed by atoms with Crippen LogP contribution in [0.4, 0.5) is 0 Å². The predicted octanol–water partition coefficient (Wildman–Crippen LogP) is 3.67. The topological polar surface area (TPSA) is 87.0 Å². The van der Waals surface area contributed by atoms with Gasteiger partial charge in [0.05, 0.1) is 18.8 Å². The number of carboxylic acid groups (broad SMARTS) is 1. The van der Waals surface area contributed by atoms with Gasteiger partial charge in [-0.05, 0) is 66.8 Å². The van der Waals surface area contributed by atoms with Gasteiger partial charge in [-0.3, -0.25) is 9.69 Å². The highest BCUT2D eigenvalue weighted by molar-refractivity contribution is 6.02. The number of nitrogens with one attached hydrogen (secondary N) is 1. The smallest absolute Gasteiger partial charge is 0.337 e. The third-order valence-electron chi connectivity index (χ3n) is 8.69. The van der Waals surface area contributed by atoms with E-state index in [4.69, 9.17) is 4.74 Å². The molecule has 1 atom stereocenters. The molecule has 0 bridgehead atoms. The Morgan fingerprint density at radius 2 is 1.77 bits per heavy atom. The van der Waals surface area contributed by atoms with E-state index in [1.807, 2.05) is 35.6 Å². The zero-order valence-electron chi connectivity index (χ0n) is 23.1. The maximum Gasteiger partial charge on any atom is 0.337 e. The minimum Gasteiger partial charge on any atom is -0.478 e. The van der Waals surface area contributed by atoms with Gasteiger partial charge in [0.25, 0.3) is 5.91 Å². The van der Waals surface area contributed by atoms with Crippen LogP contribution in [0.5, 0.6) is 0 Å². The number of amides is 1. The number of halogens is 1. The average Bonchev–Trinajstić information content (AvgIpc) is 3.26. The molecule has 3 aromatic rings. The van der Waals surface area contributed by atoms with Gasteiger partial charge in [0, 0.05) is 68.3 Å². The second-order valence-electron chi connectivity index (χ2n) is 11.0. The first-order valence-electron chi connectivity index (χ1n) is 13.8. The maximum atomic E-state index is 14.6. The van der Waals surface area contributed by atoms with Crippen molar-refractivity contribution in [3.8, 4) is 11.3 Å². The van der Waals surface area contributed by atoms with Crippen LogP contribution in [0, 0.1) is 6.92 Å². The Balaban J connectivity index is 0.00000323. The summed E-state index contributed by atoms with van der Waals surface area (Å²) < 4.78 is 7.48. The highest BCUT2D eigenvalue weighted by Crippen LogP contribution is 2.34. The van der Waals surface area contributed by atoms with E-state index >= 15 is 0 Å². The Kier molecular flexibility index (Phi) is 8.33. The van der Waals surface area contributed by atoms with Gasteiger partial charge in [0.1, 0.15) is 0 Å². The number of carboxylic acids is 1. The number of aromatic carboxylic acids is 1. The van der Waals surface area contributed by atoms with Gasteiger partial charge in [-0.2, -0.15) is 0 Å². The zero-order valence-corrected chi connectivity index (χ0v) is 23.9. The minimum atomic E-state index is -0.956. The molecule has 1 saturated heterocycles. The Morgan fingerprint density at radius 3 is 2.50 bits per heavy atom. The number of benzene rings is 2. The van der Waals surface area contributed by atoms with Crippen LogP contribution in [-0.2, 0) is 37.7 Å². The van der Waals surface area contributed by atoms with Crippen LogP contribution >= 0.6 is 12.4 Å². The molecule has 212 valence electrons. The van der Waals surface area contributed by atoms with Crippen LogP contribution in [0.1, 0.15) is 48.7 Å². The van der Waals surface area contributed by atoms with E-state index in [9.17, 15) is 14.7 Å². The molecule has 1 fully saturated rings. The van der Waals surface area contributed by atoms with Crippen LogP contribution in [0.15, 0.2) is 42.5 Å². The number of carbonyl (C=O) groups is 2. The van der Waals surface area contributed by atoms with Crippen LogP contribution < -0.4 is 5.32 Å². The first kappa shape index (κ1) is 28.4. The number of rotatable bonds is 5. The molecule has 3 aliphatic rings. The fraction of sp³-hybridized carbons (Fsp3) is 0.419. The van der Waals surface area contributed by atoms with Crippen molar-refractivity contribution >= 4 is 24.3 Å². The lowest BCUT2D eigenvalue weighted by atomic mass is 9.89. The molecule has 2 N–H and O–H groups in total. The van der Waals surface area contributed by atoms with Crippen LogP contribution in [-0.4, -0.2) is 76.8 Å². The lowest BCUT2D eigenvalue weighted by Crippen LogP contribution is -2.52. The van der Waals surface area contributed by atoms with Crippen molar-refractivity contribution in [1.82, 2.24) is 19.7 Å². The first-order chi connectivity index (χ1) is 18.9. The van der Waals surface area contributed by atoms with E-state index in [0.717, 1.165) is 75.6 Å². The summed E-state index contributed by atoms with van der Waals surface area (Å²) in [5, 5.41) is 13.2. The molecule has 0 aliphatic carbocycles. The normalized spacial score (nSPS) is 18.9. The molecular formula is C31H37ClN4O4. The molecule has 3 aliphatic heterocycles. The van der Waals surface area contributed by atoms with Gasteiger partial charge in [-0.15, -0.1) is 12.4 Å². The predicted molar refractivity (Wildman–Crippen MR) is 156 cm³/mol. The molecule has 0 spiro atoms. The largest absolute Gasteiger partial charge is 0.478 e. The minimum absolute atomic E-state index is 0.